The van der Waals surface area contributed by atoms with Gasteiger partial charge in [-0.25, -0.2) is 9.97 Å². The number of aryl methyl sites for hydroxylation is 1. The van der Waals surface area contributed by atoms with Crippen LogP contribution >= 0.6 is 0 Å². The van der Waals surface area contributed by atoms with Gasteiger partial charge in [0.05, 0.1) is 5.56 Å². The van der Waals surface area contributed by atoms with Gasteiger partial charge in [-0.1, -0.05) is 6.07 Å². The van der Waals surface area contributed by atoms with Crippen molar-refractivity contribution in [2.45, 2.75) is 32.0 Å². The van der Waals surface area contributed by atoms with Gasteiger partial charge in [0.25, 0.3) is 5.91 Å². The van der Waals surface area contributed by atoms with Crippen LogP contribution < -0.4 is 26.0 Å². The first kappa shape index (κ1) is 27.8. The van der Waals surface area contributed by atoms with Crippen molar-refractivity contribution in [2.24, 2.45) is 0 Å². The van der Waals surface area contributed by atoms with E-state index >= 15 is 0 Å². The van der Waals surface area contributed by atoms with E-state index in [1.165, 1.54) is 23.4 Å². The summed E-state index contributed by atoms with van der Waals surface area (Å²) in [4.78, 5) is 25.7. The molecule has 11 nitrogen and oxygen atoms in total. The molecular weight excluding hydrogens is 539 g/mol. The molecule has 0 saturated carbocycles. The molecule has 14 heteroatoms. The SMILES string of the molecule is CNc1cc(-n2ncnc2Nc2cc(NC(=O)c3cc(OC4CCNCC4)cc(C(F)(F)F)c3)ccc2C)ncn1. The molecule has 1 aliphatic heterocycles. The van der Waals surface area contributed by atoms with Crippen molar-refractivity contribution in [1.82, 2.24) is 30.0 Å². The van der Waals surface area contributed by atoms with Crippen LogP contribution in [0, 0.1) is 6.92 Å². The molecule has 5 rings (SSSR count). The highest BCUT2D eigenvalue weighted by atomic mass is 19.4. The predicted octanol–water partition coefficient (Wildman–Crippen LogP) is 4.55. The Morgan fingerprint density at radius 2 is 1.85 bits per heavy atom. The summed E-state index contributed by atoms with van der Waals surface area (Å²) >= 11 is 0. The maximum Gasteiger partial charge on any atom is 0.416 e. The summed E-state index contributed by atoms with van der Waals surface area (Å²) in [7, 11) is 1.73. The Morgan fingerprint density at radius 3 is 2.61 bits per heavy atom. The van der Waals surface area contributed by atoms with Crippen molar-refractivity contribution in [2.75, 3.05) is 36.1 Å². The summed E-state index contributed by atoms with van der Waals surface area (Å²) in [5.41, 5.74) is 0.673. The maximum absolute atomic E-state index is 13.7. The smallest absolute Gasteiger partial charge is 0.416 e. The van der Waals surface area contributed by atoms with E-state index in [-0.39, 0.29) is 17.4 Å². The second-order valence-corrected chi connectivity index (χ2v) is 9.43. The van der Waals surface area contributed by atoms with Crippen LogP contribution in [0.15, 0.2) is 55.1 Å². The van der Waals surface area contributed by atoms with Crippen LogP contribution in [0.5, 0.6) is 5.75 Å². The van der Waals surface area contributed by atoms with Crippen LogP contribution in [0.2, 0.25) is 0 Å². The molecule has 2 aromatic heterocycles. The number of piperidine rings is 1. The number of halogens is 3. The minimum atomic E-state index is -4.64. The third-order valence-electron chi connectivity index (χ3n) is 6.50. The lowest BCUT2D eigenvalue weighted by Gasteiger charge is -2.24. The van der Waals surface area contributed by atoms with Gasteiger partial charge in [-0.3, -0.25) is 4.79 Å². The summed E-state index contributed by atoms with van der Waals surface area (Å²) in [5.74, 6) is 0.725. The standard InChI is InChI=1S/C27H28F3N9O2/c1-16-3-4-19(12-22(16)38-26-35-15-36-39(26)24-13-23(31-2)33-14-34-24)37-25(40)17-9-18(27(28,29)30)11-21(10-17)41-20-5-7-32-8-6-20/h3-4,9-15,20,32H,5-8H2,1-2H3,(H,37,40)(H,31,33,34)(H,35,36,38). The van der Waals surface area contributed by atoms with Crippen LogP contribution in [0.4, 0.5) is 36.3 Å². The molecule has 214 valence electrons. The number of amides is 1. The monoisotopic (exact) mass is 567 g/mol. The average Bonchev–Trinajstić information content (AvgIpc) is 3.43. The van der Waals surface area contributed by atoms with Gasteiger partial charge >= 0.3 is 6.18 Å². The predicted molar refractivity (Wildman–Crippen MR) is 147 cm³/mol. The molecule has 4 aromatic rings. The molecule has 2 aromatic carbocycles. The Hall–Kier alpha value is -4.72. The average molecular weight is 568 g/mol. The van der Waals surface area contributed by atoms with Crippen molar-refractivity contribution in [3.05, 3.63) is 71.8 Å². The van der Waals surface area contributed by atoms with E-state index in [4.69, 9.17) is 4.74 Å². The second kappa shape index (κ2) is 11.8. The topological polar surface area (TPSA) is 131 Å². The molecule has 1 amide bonds. The molecule has 0 bridgehead atoms. The van der Waals surface area contributed by atoms with E-state index in [1.807, 2.05) is 6.92 Å². The number of carbonyl (C=O) groups excluding carboxylic acids is 1. The number of rotatable bonds is 8. The first-order chi connectivity index (χ1) is 19.7. The van der Waals surface area contributed by atoms with Gasteiger partial charge in [-0.2, -0.15) is 27.9 Å². The van der Waals surface area contributed by atoms with Crippen molar-refractivity contribution in [1.29, 1.82) is 0 Å². The molecule has 4 N–H and O–H groups in total. The van der Waals surface area contributed by atoms with E-state index < -0.39 is 17.6 Å². The highest BCUT2D eigenvalue weighted by Gasteiger charge is 2.32. The number of alkyl halides is 3. The highest BCUT2D eigenvalue weighted by Crippen LogP contribution is 2.34. The largest absolute Gasteiger partial charge is 0.490 e. The molecule has 1 aliphatic rings. The fourth-order valence-corrected chi connectivity index (χ4v) is 4.32. The first-order valence-corrected chi connectivity index (χ1v) is 12.9. The Kier molecular flexibility index (Phi) is 8.01. The van der Waals surface area contributed by atoms with E-state index in [0.29, 0.717) is 54.9 Å². The van der Waals surface area contributed by atoms with Gasteiger partial charge in [-0.15, -0.1) is 0 Å². The molecule has 1 saturated heterocycles. The summed E-state index contributed by atoms with van der Waals surface area (Å²) < 4.78 is 48.3. The number of nitrogens with zero attached hydrogens (tertiary/aromatic N) is 5. The number of ether oxygens (including phenoxy) is 1. The summed E-state index contributed by atoms with van der Waals surface area (Å²) in [6, 6.07) is 9.87. The van der Waals surface area contributed by atoms with Gasteiger partial charge < -0.3 is 26.0 Å². The number of hydrogen-bond acceptors (Lipinski definition) is 9. The first-order valence-electron chi connectivity index (χ1n) is 12.9. The van der Waals surface area contributed by atoms with E-state index in [9.17, 15) is 18.0 Å². The second-order valence-electron chi connectivity index (χ2n) is 9.43. The molecule has 0 unspecified atom stereocenters. The summed E-state index contributed by atoms with van der Waals surface area (Å²) in [5, 5.41) is 16.2. The van der Waals surface area contributed by atoms with Gasteiger partial charge in [0, 0.05) is 30.1 Å². The van der Waals surface area contributed by atoms with Crippen molar-refractivity contribution in [3.8, 4) is 11.6 Å². The van der Waals surface area contributed by atoms with Gasteiger partial charge in [0.15, 0.2) is 5.82 Å². The Balaban J connectivity index is 1.37. The minimum Gasteiger partial charge on any atom is -0.490 e. The van der Waals surface area contributed by atoms with Crippen LogP contribution in [-0.4, -0.2) is 56.9 Å². The molecule has 0 spiro atoms. The maximum atomic E-state index is 13.7. The summed E-state index contributed by atoms with van der Waals surface area (Å²) in [6.45, 7) is 3.29. The molecule has 1 fully saturated rings. The molecule has 3 heterocycles. The van der Waals surface area contributed by atoms with Crippen LogP contribution in [0.25, 0.3) is 5.82 Å². The highest BCUT2D eigenvalue weighted by molar-refractivity contribution is 6.05. The number of hydrogen-bond donors (Lipinski definition) is 4. The van der Waals surface area contributed by atoms with Crippen LogP contribution in [0.1, 0.15) is 34.3 Å². The molecular formula is C27H28F3N9O2. The number of carbonyl (C=O) groups is 1. The number of anilines is 4. The summed E-state index contributed by atoms with van der Waals surface area (Å²) in [6.07, 6.45) is -0.781. The Morgan fingerprint density at radius 1 is 1.05 bits per heavy atom. The molecule has 0 radical (unpaired) electrons. The van der Waals surface area contributed by atoms with Crippen molar-refractivity contribution >= 4 is 29.0 Å². The zero-order valence-corrected chi connectivity index (χ0v) is 22.3. The van der Waals surface area contributed by atoms with E-state index in [1.54, 1.807) is 31.3 Å². The normalized spacial score (nSPS) is 14.0. The lowest BCUT2D eigenvalue weighted by atomic mass is 10.1. The quantitative estimate of drug-likeness (QED) is 0.242. The zero-order valence-electron chi connectivity index (χ0n) is 22.3. The van der Waals surface area contributed by atoms with Gasteiger partial charge in [-0.05, 0) is 68.8 Å². The van der Waals surface area contributed by atoms with Crippen molar-refractivity contribution < 1.29 is 22.7 Å². The number of benzene rings is 2. The van der Waals surface area contributed by atoms with E-state index in [0.717, 1.165) is 17.7 Å². The Bertz CT molecular complexity index is 1530. The lowest BCUT2D eigenvalue weighted by molar-refractivity contribution is -0.137. The van der Waals surface area contributed by atoms with Gasteiger partial charge in [0.1, 0.15) is 30.3 Å². The van der Waals surface area contributed by atoms with Gasteiger partial charge in [0.2, 0.25) is 5.95 Å². The molecule has 41 heavy (non-hydrogen) atoms. The van der Waals surface area contributed by atoms with Crippen molar-refractivity contribution in [3.63, 3.8) is 0 Å². The zero-order chi connectivity index (χ0) is 29.0. The fraction of sp³-hybridized carbons (Fsp3) is 0.296. The van der Waals surface area contributed by atoms with Crippen LogP contribution in [0.3, 0.4) is 0 Å². The fourth-order valence-electron chi connectivity index (χ4n) is 4.32. The Labute approximate surface area is 233 Å². The number of aromatic nitrogens is 5. The lowest BCUT2D eigenvalue weighted by Crippen LogP contribution is -2.34. The van der Waals surface area contributed by atoms with Crippen LogP contribution in [-0.2, 0) is 6.18 Å². The molecule has 0 aliphatic carbocycles. The number of nitrogens with one attached hydrogen (secondary N) is 4. The molecule has 0 atom stereocenters. The minimum absolute atomic E-state index is 0.00799. The third-order valence-corrected chi connectivity index (χ3v) is 6.50. The van der Waals surface area contributed by atoms with E-state index in [2.05, 4.69) is 41.3 Å². The third kappa shape index (κ3) is 6.72.